The summed E-state index contributed by atoms with van der Waals surface area (Å²) in [7, 11) is -4.23. The number of hydrogen-bond acceptors (Lipinski definition) is 4. The van der Waals surface area contributed by atoms with E-state index in [0.29, 0.717) is 15.6 Å². The van der Waals surface area contributed by atoms with Gasteiger partial charge in [-0.1, -0.05) is 77.6 Å². The number of sulfonamides is 1. The Balaban J connectivity index is 2.11. The Morgan fingerprint density at radius 1 is 0.927 bits per heavy atom. The smallest absolute Gasteiger partial charge is 0.264 e. The second kappa shape index (κ2) is 13.5. The molecular formula is C30H34Cl3N3O4S. The van der Waals surface area contributed by atoms with E-state index in [2.05, 4.69) is 5.32 Å². The summed E-state index contributed by atoms with van der Waals surface area (Å²) in [6.07, 6.45) is 0.273. The Morgan fingerprint density at radius 2 is 1.56 bits per heavy atom. The van der Waals surface area contributed by atoms with Gasteiger partial charge in [-0.25, -0.2) is 8.42 Å². The van der Waals surface area contributed by atoms with E-state index in [4.69, 9.17) is 34.8 Å². The molecule has 41 heavy (non-hydrogen) atoms. The predicted octanol–water partition coefficient (Wildman–Crippen LogP) is 6.87. The van der Waals surface area contributed by atoms with Gasteiger partial charge in [-0.15, -0.1) is 0 Å². The molecule has 1 unspecified atom stereocenters. The second-order valence-corrected chi connectivity index (χ2v) is 13.8. The van der Waals surface area contributed by atoms with Crippen LogP contribution in [0.3, 0.4) is 0 Å². The Kier molecular flexibility index (Phi) is 10.7. The lowest BCUT2D eigenvalue weighted by molar-refractivity contribution is -0.141. The van der Waals surface area contributed by atoms with Crippen molar-refractivity contribution >= 4 is 62.3 Å². The second-order valence-electron chi connectivity index (χ2n) is 10.7. The molecule has 0 spiro atoms. The van der Waals surface area contributed by atoms with Gasteiger partial charge >= 0.3 is 0 Å². The van der Waals surface area contributed by atoms with Gasteiger partial charge in [0.25, 0.3) is 10.0 Å². The molecule has 3 aromatic carbocycles. The van der Waals surface area contributed by atoms with Gasteiger partial charge < -0.3 is 10.2 Å². The van der Waals surface area contributed by atoms with Crippen LogP contribution < -0.4 is 9.62 Å². The molecule has 0 aliphatic heterocycles. The van der Waals surface area contributed by atoms with Crippen LogP contribution in [-0.2, 0) is 26.2 Å². The van der Waals surface area contributed by atoms with Crippen molar-refractivity contribution in [2.75, 3.05) is 10.8 Å². The van der Waals surface area contributed by atoms with Gasteiger partial charge in [0.15, 0.2) is 0 Å². The van der Waals surface area contributed by atoms with Gasteiger partial charge in [0.1, 0.15) is 12.6 Å². The number of rotatable bonds is 10. The number of carbonyl (C=O) groups excluding carboxylic acids is 2. The van der Waals surface area contributed by atoms with E-state index in [1.807, 2.05) is 27.7 Å². The van der Waals surface area contributed by atoms with Gasteiger partial charge in [-0.05, 0) is 76.1 Å². The summed E-state index contributed by atoms with van der Waals surface area (Å²) in [4.78, 5) is 28.9. The lowest BCUT2D eigenvalue weighted by atomic mass is 10.1. The van der Waals surface area contributed by atoms with Crippen LogP contribution in [0.1, 0.15) is 45.2 Å². The summed E-state index contributed by atoms with van der Waals surface area (Å²) < 4.78 is 28.9. The number of nitrogens with one attached hydrogen (secondary N) is 1. The molecule has 3 rings (SSSR count). The van der Waals surface area contributed by atoms with Crippen molar-refractivity contribution < 1.29 is 18.0 Å². The fourth-order valence-electron chi connectivity index (χ4n) is 4.21. The predicted molar refractivity (Wildman–Crippen MR) is 166 cm³/mol. The molecule has 0 heterocycles. The van der Waals surface area contributed by atoms with Crippen molar-refractivity contribution in [2.24, 2.45) is 0 Å². The first-order valence-electron chi connectivity index (χ1n) is 13.0. The molecule has 0 bridgehead atoms. The Morgan fingerprint density at radius 3 is 2.12 bits per heavy atom. The minimum Gasteiger partial charge on any atom is -0.350 e. The van der Waals surface area contributed by atoms with Crippen molar-refractivity contribution in [3.8, 4) is 0 Å². The van der Waals surface area contributed by atoms with Crippen LogP contribution in [0.25, 0.3) is 0 Å². The van der Waals surface area contributed by atoms with Crippen molar-refractivity contribution in [3.63, 3.8) is 0 Å². The first-order chi connectivity index (χ1) is 19.1. The molecule has 0 saturated carbocycles. The lowest BCUT2D eigenvalue weighted by Gasteiger charge is -2.35. The molecular weight excluding hydrogens is 605 g/mol. The first-order valence-corrected chi connectivity index (χ1v) is 15.6. The number of hydrogen-bond donors (Lipinski definition) is 1. The zero-order valence-corrected chi connectivity index (χ0v) is 26.7. The van der Waals surface area contributed by atoms with Crippen LogP contribution in [0.5, 0.6) is 0 Å². The molecule has 220 valence electrons. The monoisotopic (exact) mass is 637 g/mol. The number of nitrogens with zero attached hydrogens (tertiary/aromatic N) is 2. The Bertz CT molecular complexity index is 1510. The fraction of sp³-hybridized carbons (Fsp3) is 0.333. The average molecular weight is 639 g/mol. The maximum Gasteiger partial charge on any atom is 0.264 e. The number of halogens is 3. The molecule has 0 aromatic heterocycles. The van der Waals surface area contributed by atoms with Crippen LogP contribution in [0.15, 0.2) is 71.6 Å². The van der Waals surface area contributed by atoms with Crippen molar-refractivity contribution in [3.05, 3.63) is 92.9 Å². The molecule has 0 fully saturated rings. The standard InChI is InChI=1S/C30H34Cl3N3O4S/c1-6-26(29(38)34-30(3,4)5)35(18-21-13-14-22(31)17-25(21)33)28(37)19-36(27-10-8-7-9-24(27)32)41(39,40)23-15-11-20(2)12-16-23/h7-17,26H,6,18-19H2,1-5H3,(H,34,38). The van der Waals surface area contributed by atoms with Gasteiger partial charge in [-0.3, -0.25) is 13.9 Å². The highest BCUT2D eigenvalue weighted by Crippen LogP contribution is 2.31. The topological polar surface area (TPSA) is 86.8 Å². The largest absolute Gasteiger partial charge is 0.350 e. The molecule has 2 amide bonds. The molecule has 7 nitrogen and oxygen atoms in total. The molecule has 0 aliphatic rings. The van der Waals surface area contributed by atoms with Crippen molar-refractivity contribution in [1.29, 1.82) is 0 Å². The van der Waals surface area contributed by atoms with Crippen LogP contribution in [0.4, 0.5) is 5.69 Å². The van der Waals surface area contributed by atoms with E-state index in [9.17, 15) is 18.0 Å². The molecule has 0 saturated heterocycles. The highest BCUT2D eigenvalue weighted by atomic mass is 35.5. The van der Waals surface area contributed by atoms with Gasteiger partial charge in [0.2, 0.25) is 11.8 Å². The molecule has 11 heteroatoms. The molecule has 0 radical (unpaired) electrons. The molecule has 1 N–H and O–H groups in total. The first kappa shape index (κ1) is 32.7. The summed E-state index contributed by atoms with van der Waals surface area (Å²) in [6, 6.07) is 16.7. The highest BCUT2D eigenvalue weighted by molar-refractivity contribution is 7.92. The number of para-hydroxylation sites is 1. The Labute approximate surface area is 257 Å². The average Bonchev–Trinajstić information content (AvgIpc) is 2.88. The summed E-state index contributed by atoms with van der Waals surface area (Å²) in [5, 5.41) is 3.82. The third-order valence-corrected chi connectivity index (χ3v) is 8.93. The van der Waals surface area contributed by atoms with E-state index < -0.39 is 34.1 Å². The van der Waals surface area contributed by atoms with Crippen LogP contribution in [0.2, 0.25) is 15.1 Å². The number of amides is 2. The normalized spacial score (nSPS) is 12.5. The van der Waals surface area contributed by atoms with Crippen molar-refractivity contribution in [2.45, 2.75) is 64.1 Å². The van der Waals surface area contributed by atoms with Crippen molar-refractivity contribution in [1.82, 2.24) is 10.2 Å². The SMILES string of the molecule is CCC(C(=O)NC(C)(C)C)N(Cc1ccc(Cl)cc1Cl)C(=O)CN(c1ccccc1Cl)S(=O)(=O)c1ccc(C)cc1. The van der Waals surface area contributed by atoms with Gasteiger partial charge in [-0.2, -0.15) is 0 Å². The zero-order valence-electron chi connectivity index (χ0n) is 23.6. The van der Waals surface area contributed by atoms with Gasteiger partial charge in [0.05, 0.1) is 15.6 Å². The number of benzene rings is 3. The van der Waals surface area contributed by atoms with E-state index in [1.54, 1.807) is 55.5 Å². The summed E-state index contributed by atoms with van der Waals surface area (Å²) in [6.45, 7) is 8.49. The Hall–Kier alpha value is -2.78. The van der Waals surface area contributed by atoms with Crippen LogP contribution in [-0.4, -0.2) is 43.3 Å². The van der Waals surface area contributed by atoms with E-state index >= 15 is 0 Å². The number of anilines is 1. The van der Waals surface area contributed by atoms with E-state index in [1.165, 1.54) is 23.1 Å². The number of aryl methyl sites for hydroxylation is 1. The zero-order chi connectivity index (χ0) is 30.5. The molecule has 1 atom stereocenters. The highest BCUT2D eigenvalue weighted by Gasteiger charge is 2.35. The van der Waals surface area contributed by atoms with Crippen LogP contribution >= 0.6 is 34.8 Å². The summed E-state index contributed by atoms with van der Waals surface area (Å²) >= 11 is 19.0. The minimum atomic E-state index is -4.23. The van der Waals surface area contributed by atoms with E-state index in [0.717, 1.165) is 9.87 Å². The molecule has 3 aromatic rings. The maximum atomic E-state index is 14.2. The van der Waals surface area contributed by atoms with E-state index in [-0.39, 0.29) is 34.5 Å². The maximum absolute atomic E-state index is 14.2. The van der Waals surface area contributed by atoms with Crippen LogP contribution in [0, 0.1) is 6.92 Å². The minimum absolute atomic E-state index is 0.000586. The lowest BCUT2D eigenvalue weighted by Crippen LogP contribution is -2.55. The van der Waals surface area contributed by atoms with Gasteiger partial charge in [0, 0.05) is 22.1 Å². The summed E-state index contributed by atoms with van der Waals surface area (Å²) in [5.41, 5.74) is 1.01. The quantitative estimate of drug-likeness (QED) is 0.263. The third kappa shape index (κ3) is 8.38. The fourth-order valence-corrected chi connectivity index (χ4v) is 6.40. The third-order valence-electron chi connectivity index (χ3n) is 6.25. The number of carbonyl (C=O) groups is 2. The summed E-state index contributed by atoms with van der Waals surface area (Å²) in [5.74, 6) is -0.980. The molecule has 0 aliphatic carbocycles.